The number of aliphatic hydroxyl groups is 2. The number of nitrogens with one attached hydrogen (secondary N) is 4. The first-order chi connectivity index (χ1) is 60.2. The minimum Gasteiger partial charge on any atom is -0.508 e. The summed E-state index contributed by atoms with van der Waals surface area (Å²) in [4.78, 5) is 202. The van der Waals surface area contributed by atoms with Crippen molar-refractivity contribution in [3.63, 3.8) is 0 Å². The van der Waals surface area contributed by atoms with E-state index in [-0.39, 0.29) is 128 Å². The van der Waals surface area contributed by atoms with E-state index < -0.39 is 154 Å². The lowest BCUT2D eigenvalue weighted by Crippen LogP contribution is -2.42. The maximum atomic E-state index is 13.4. The second-order valence-electron chi connectivity index (χ2n) is 26.9. The number of aromatic nitrogens is 8. The van der Waals surface area contributed by atoms with Gasteiger partial charge in [-0.15, -0.1) is 0 Å². The first-order valence-corrected chi connectivity index (χ1v) is 47.1. The molecular formula is C68H64N14O38P6S2. The Kier molecular flexibility index (Phi) is 27.7. The molecule has 4 amide bonds. The Bertz CT molecular complexity index is 6800. The molecule has 12 atom stereocenters. The van der Waals surface area contributed by atoms with E-state index in [1.54, 1.807) is 0 Å². The van der Waals surface area contributed by atoms with Crippen molar-refractivity contribution < 1.29 is 171 Å². The first-order valence-electron chi connectivity index (χ1n) is 35.9. The number of aromatic carboxylic acids is 2. The van der Waals surface area contributed by atoms with E-state index in [2.05, 4.69) is 96.6 Å². The molecule has 6 aliphatic rings. The topological polar surface area (TPSA) is 794 Å². The molecule has 0 spiro atoms. The molecule has 676 valence electrons. The lowest BCUT2D eigenvalue weighted by molar-refractivity contribution is -0.0522. The van der Waals surface area contributed by atoms with Crippen molar-refractivity contribution in [3.05, 3.63) is 177 Å². The number of benzene rings is 6. The standard InChI is InChI=1S/2C34H32N7O19P3S/c35-29-26-30(39-13-38-29)41(14-40-26)32-27(44)28(24(57-32)12-55-61(49,50)59-62(51,52)60-63(53,54)64)58-34(48)37-8-7-36-31(45)15-1-4-18(33(46)47)21(9-15)25-19-5-2-16(42)10-22(19)56-23-11-17(43)3-6-20(23)25;35-29-26-30(39-13-38-29)41(14-40-26)32-28(27(44)24(57-32)12-55-61(49,50)59-62(51,52)60-63(53,54)64)58-34(48)37-8-7-36-31(45)15-1-4-18(33(46)47)21(9-15)25-19-5-2-16(42)10-22(19)56-23-11-17(43)3-6-20(23)25/h2*1-6,9-11,13-14,24,27-28,32,42,44H,7-8,12H2,(H,36,45)(H,37,48)(H,46,47)(H,49,50)(H,51,52)(H2,35,38,39)(H2,53,54,64)/t2*24-,27-,28-,32-/m11/s1. The number of anilines is 2. The molecule has 2 saturated heterocycles. The Balaban J connectivity index is 0.000000219. The summed E-state index contributed by atoms with van der Waals surface area (Å²) in [6.07, 6.45) is -11.4. The van der Waals surface area contributed by atoms with Gasteiger partial charge in [0.05, 0.1) is 37.0 Å². The van der Waals surface area contributed by atoms with Crippen molar-refractivity contribution in [1.29, 1.82) is 0 Å². The number of carbonyl (C=O) groups is 6. The van der Waals surface area contributed by atoms with Gasteiger partial charge >= 0.3 is 68.9 Å². The minimum atomic E-state index is -5.71. The molecule has 8 heterocycles. The lowest BCUT2D eigenvalue weighted by Gasteiger charge is -2.22. The molecule has 2 fully saturated rings. The molecule has 0 saturated carbocycles. The van der Waals surface area contributed by atoms with Crippen molar-refractivity contribution in [2.45, 2.75) is 49.1 Å². The van der Waals surface area contributed by atoms with E-state index in [4.69, 9.17) is 63.3 Å². The van der Waals surface area contributed by atoms with E-state index in [9.17, 15) is 107 Å². The number of carboxylic acids is 2. The number of hydrogen-bond acceptors (Lipinski definition) is 38. The van der Waals surface area contributed by atoms with Gasteiger partial charge in [0.15, 0.2) is 58.5 Å². The van der Waals surface area contributed by atoms with Gasteiger partial charge < -0.3 is 130 Å². The highest BCUT2D eigenvalue weighted by molar-refractivity contribution is 8.08. The average molecular weight is 1940 g/mol. The van der Waals surface area contributed by atoms with Crippen molar-refractivity contribution in [2.75, 3.05) is 50.9 Å². The zero-order valence-electron chi connectivity index (χ0n) is 63.9. The third kappa shape index (κ3) is 22.1. The van der Waals surface area contributed by atoms with E-state index in [1.807, 2.05) is 0 Å². The third-order valence-corrected chi connectivity index (χ3v) is 27.1. The Morgan fingerprint density at radius 2 is 0.867 bits per heavy atom. The molecule has 4 aromatic carbocycles. The van der Waals surface area contributed by atoms with Crippen LogP contribution in [0.25, 0.3) is 89.2 Å². The summed E-state index contributed by atoms with van der Waals surface area (Å²) in [6, 6.07) is 23.6. The molecule has 0 radical (unpaired) electrons. The highest BCUT2D eigenvalue weighted by Gasteiger charge is 2.52. The molecule has 4 unspecified atom stereocenters. The number of nitrogen functional groups attached to an aromatic ring is 2. The van der Waals surface area contributed by atoms with Crippen LogP contribution in [0.2, 0.25) is 0 Å². The van der Waals surface area contributed by atoms with Crippen LogP contribution in [0.5, 0.6) is 11.5 Å². The number of imidazole rings is 2. The molecule has 60 heteroatoms. The van der Waals surface area contributed by atoms with Crippen LogP contribution in [0, 0.1) is 0 Å². The van der Waals surface area contributed by atoms with Crippen molar-refractivity contribution >= 4 is 160 Å². The number of aromatic hydroxyl groups is 2. The summed E-state index contributed by atoms with van der Waals surface area (Å²) in [7, 11) is -22.6. The van der Waals surface area contributed by atoms with Crippen LogP contribution in [0.3, 0.4) is 0 Å². The molecule has 4 aliphatic heterocycles. The van der Waals surface area contributed by atoms with Gasteiger partial charge in [-0.1, -0.05) is 0 Å². The predicted octanol–water partition coefficient (Wildman–Crippen LogP) is 3.87. The maximum absolute atomic E-state index is 13.4. The summed E-state index contributed by atoms with van der Waals surface area (Å²) < 4.78 is 111. The van der Waals surface area contributed by atoms with Gasteiger partial charge in [0.2, 0.25) is 0 Å². The summed E-state index contributed by atoms with van der Waals surface area (Å²) in [6.45, 7) is -13.0. The zero-order valence-corrected chi connectivity index (χ0v) is 70.9. The smallest absolute Gasteiger partial charge is 0.488 e. The molecule has 14 rings (SSSR count). The second-order valence-corrected chi connectivity index (χ2v) is 38.6. The van der Waals surface area contributed by atoms with Gasteiger partial charge in [0.1, 0.15) is 82.3 Å². The second kappa shape index (κ2) is 37.7. The predicted molar refractivity (Wildman–Crippen MR) is 440 cm³/mol. The number of amides is 4. The Labute approximate surface area is 721 Å². The maximum Gasteiger partial charge on any atom is 0.488 e. The number of nitrogens with zero attached hydrogens (tertiary/aromatic N) is 8. The number of phenols is 2. The number of phenolic OH excluding ortho intramolecular Hbond substituents is 2. The third-order valence-electron chi connectivity index (χ3n) is 18.3. The number of carbonyl (C=O) groups excluding carboxylic acids is 4. The van der Waals surface area contributed by atoms with Crippen LogP contribution in [0.4, 0.5) is 21.2 Å². The highest BCUT2D eigenvalue weighted by atomic mass is 32.5. The number of phosphoric ester groups is 2. The Morgan fingerprint density at radius 1 is 0.461 bits per heavy atom. The largest absolute Gasteiger partial charge is 0.508 e. The van der Waals surface area contributed by atoms with Crippen molar-refractivity contribution in [2.24, 2.45) is 0 Å². The SMILES string of the molecule is Nc1ncnc2c1ncn2[C@@H]1O[C@H](COP(=O)(O)OP(=O)(O)OP(O)(O)=S)[C@@H](O)[C@H]1OC(=O)NCCNC(=O)c1ccc(C(=O)O)c(-c2c3ccc(=O)cc-3oc3cc(O)ccc23)c1.Nc1ncnc2c1ncn2[C@@H]1O[C@H](COP(=O)(O)OP(=O)(O)OP(O)(O)=S)[C@@H](OC(=O)NCCNC(=O)c2ccc(C(=O)O)c(-c3c4ccc(=O)cc-4oc4cc(O)ccc34)c2)[C@H]1O. The molecule has 128 heavy (non-hydrogen) atoms. The van der Waals surface area contributed by atoms with Gasteiger partial charge in [0.25, 0.3) is 11.8 Å². The van der Waals surface area contributed by atoms with E-state index in [1.165, 1.54) is 118 Å². The number of rotatable bonds is 30. The van der Waals surface area contributed by atoms with Crippen LogP contribution >= 0.6 is 44.7 Å². The number of alkyl carbamates (subject to hydrolysis) is 2. The summed E-state index contributed by atoms with van der Waals surface area (Å²) in [5, 5.41) is 73.6. The average Bonchev–Trinajstić information content (AvgIpc) is 0.894. The first kappa shape index (κ1) is 94.1. The number of hydrogen-bond donors (Lipinski definition) is 20. The van der Waals surface area contributed by atoms with Crippen LogP contribution in [0.1, 0.15) is 53.9 Å². The minimum absolute atomic E-state index is 0.00727. The molecule has 4 aromatic heterocycles. The number of ether oxygens (including phenoxy) is 4. The highest BCUT2D eigenvalue weighted by Crippen LogP contribution is 2.68. The van der Waals surface area contributed by atoms with Crippen molar-refractivity contribution in [3.8, 4) is 56.4 Å². The molecule has 8 aromatic rings. The van der Waals surface area contributed by atoms with Crippen molar-refractivity contribution in [1.82, 2.24) is 60.3 Å². The molecule has 52 nitrogen and oxygen atoms in total. The number of nitrogens with two attached hydrogens (primary N) is 2. The number of phosphoric acid groups is 4. The molecular weight excluding hydrogens is 1870 g/mol. The van der Waals surface area contributed by atoms with E-state index >= 15 is 0 Å². The van der Waals surface area contributed by atoms with Gasteiger partial charge in [-0.05, 0) is 120 Å². The summed E-state index contributed by atoms with van der Waals surface area (Å²) in [5.74, 6) is -4.34. The van der Waals surface area contributed by atoms with Crippen LogP contribution in [-0.2, 0) is 87.1 Å². The van der Waals surface area contributed by atoms with E-state index in [0.717, 1.165) is 25.3 Å². The van der Waals surface area contributed by atoms with Crippen LogP contribution in [-0.4, -0.2) is 221 Å². The fourth-order valence-corrected chi connectivity index (χ4v) is 20.7. The Morgan fingerprint density at radius 3 is 1.30 bits per heavy atom. The van der Waals surface area contributed by atoms with Crippen LogP contribution in [0.15, 0.2) is 153 Å². The lowest BCUT2D eigenvalue weighted by atomic mass is 9.89. The molecule has 22 N–H and O–H groups in total. The normalized spacial score (nSPS) is 19.6. The zero-order chi connectivity index (χ0) is 92.6. The van der Waals surface area contributed by atoms with Gasteiger partial charge in [0, 0.05) is 94.6 Å². The number of aliphatic hydroxyl groups excluding tert-OH is 2. The quantitative estimate of drug-likeness (QED) is 0.0173. The van der Waals surface area contributed by atoms with E-state index in [0.29, 0.717) is 33.0 Å². The fourth-order valence-electron chi connectivity index (χ4n) is 13.2. The fraction of sp³-hybridized carbons (Fsp3) is 0.206. The van der Waals surface area contributed by atoms with Crippen LogP contribution < -0.4 is 43.6 Å². The number of carboxylic acid groups (broad SMARTS) is 2. The Hall–Kier alpha value is -11.5. The van der Waals surface area contributed by atoms with Gasteiger partial charge in [-0.25, -0.2) is 76.0 Å². The summed E-state index contributed by atoms with van der Waals surface area (Å²) in [5.41, 5.74) is 12.4. The number of fused-ring (bicyclic) bond motifs is 6. The van der Waals surface area contributed by atoms with Gasteiger partial charge in [-0.2, -0.15) is 8.62 Å². The molecule has 0 bridgehead atoms. The summed E-state index contributed by atoms with van der Waals surface area (Å²) >= 11 is 8.13. The monoisotopic (exact) mass is 1930 g/mol. The molecule has 2 aliphatic carbocycles. The van der Waals surface area contributed by atoms with Gasteiger partial charge in [-0.3, -0.25) is 37.4 Å².